The van der Waals surface area contributed by atoms with E-state index >= 15 is 0 Å². The molecule has 1 heterocycles. The number of nitrogens with one attached hydrogen (secondary N) is 1. The lowest BCUT2D eigenvalue weighted by atomic mass is 10.1. The summed E-state index contributed by atoms with van der Waals surface area (Å²) in [6.45, 7) is 3.09. The number of rotatable bonds is 6. The van der Waals surface area contributed by atoms with Crippen LogP contribution in [0.2, 0.25) is 0 Å². The van der Waals surface area contributed by atoms with Crippen molar-refractivity contribution in [2.24, 2.45) is 5.92 Å². The van der Waals surface area contributed by atoms with E-state index in [4.69, 9.17) is 4.74 Å². The van der Waals surface area contributed by atoms with Gasteiger partial charge in [0.05, 0.1) is 27.9 Å². The highest BCUT2D eigenvalue weighted by Gasteiger charge is 2.36. The van der Waals surface area contributed by atoms with Gasteiger partial charge in [-0.25, -0.2) is 4.79 Å². The number of esters is 1. The summed E-state index contributed by atoms with van der Waals surface area (Å²) < 4.78 is 43.9. The lowest BCUT2D eigenvalue weighted by Crippen LogP contribution is -2.33. The molecule has 2 aromatic rings. The molecule has 0 atom stereocenters. The lowest BCUT2D eigenvalue weighted by molar-refractivity contribution is -0.137. The first-order valence-corrected chi connectivity index (χ1v) is 9.62. The first kappa shape index (κ1) is 23.0. The van der Waals surface area contributed by atoms with Crippen molar-refractivity contribution in [2.45, 2.75) is 20.0 Å². The number of anilines is 1. The Morgan fingerprint density at radius 3 is 2.34 bits per heavy atom. The molecule has 3 rings (SSSR count). The van der Waals surface area contributed by atoms with Crippen LogP contribution in [-0.4, -0.2) is 41.7 Å². The molecule has 0 aliphatic carbocycles. The molecular weight excluding hydrogens is 429 g/mol. The fraction of sp³-hybridized carbons (Fsp3) is 0.273. The van der Waals surface area contributed by atoms with E-state index in [2.05, 4.69) is 5.32 Å². The van der Waals surface area contributed by atoms with E-state index < -0.39 is 47.7 Å². The molecule has 0 radical (unpaired) electrons. The molecule has 0 aromatic heterocycles. The van der Waals surface area contributed by atoms with Gasteiger partial charge in [-0.15, -0.1) is 0 Å². The van der Waals surface area contributed by atoms with Gasteiger partial charge in [0.15, 0.2) is 6.61 Å². The van der Waals surface area contributed by atoms with Crippen molar-refractivity contribution < 1.29 is 37.1 Å². The average Bonchev–Trinajstić information content (AvgIpc) is 2.95. The summed E-state index contributed by atoms with van der Waals surface area (Å²) in [5.74, 6) is -2.86. The normalized spacial score (nSPS) is 13.4. The van der Waals surface area contributed by atoms with Crippen LogP contribution in [0.15, 0.2) is 42.5 Å². The first-order valence-electron chi connectivity index (χ1n) is 9.62. The van der Waals surface area contributed by atoms with E-state index in [0.29, 0.717) is 0 Å². The zero-order valence-electron chi connectivity index (χ0n) is 17.2. The molecule has 2 aromatic carbocycles. The summed E-state index contributed by atoms with van der Waals surface area (Å²) in [5, 5.41) is 2.06. The number of imide groups is 1. The van der Waals surface area contributed by atoms with Crippen molar-refractivity contribution in [1.29, 1.82) is 0 Å². The third-order valence-corrected chi connectivity index (χ3v) is 4.60. The Bertz CT molecular complexity index is 1100. The predicted octanol–water partition coefficient (Wildman–Crippen LogP) is 3.75. The van der Waals surface area contributed by atoms with Gasteiger partial charge < -0.3 is 10.1 Å². The van der Waals surface area contributed by atoms with Crippen molar-refractivity contribution >= 4 is 29.4 Å². The van der Waals surface area contributed by atoms with Crippen LogP contribution in [0.1, 0.15) is 50.5 Å². The Hall–Kier alpha value is -3.69. The second kappa shape index (κ2) is 8.81. The van der Waals surface area contributed by atoms with Gasteiger partial charge >= 0.3 is 12.1 Å². The minimum Gasteiger partial charge on any atom is -0.452 e. The highest BCUT2D eigenvalue weighted by atomic mass is 19.4. The number of ether oxygens (including phenoxy) is 1. The summed E-state index contributed by atoms with van der Waals surface area (Å²) in [6.07, 6.45) is -4.67. The molecule has 7 nitrogen and oxygen atoms in total. The Balaban J connectivity index is 1.66. The van der Waals surface area contributed by atoms with Crippen LogP contribution in [0, 0.1) is 5.92 Å². The molecule has 1 aliphatic heterocycles. The Labute approximate surface area is 181 Å². The quantitative estimate of drug-likeness (QED) is 0.537. The number of para-hydroxylation sites is 1. The van der Waals surface area contributed by atoms with Crippen molar-refractivity contribution in [3.8, 4) is 0 Å². The van der Waals surface area contributed by atoms with Crippen molar-refractivity contribution in [3.05, 3.63) is 64.7 Å². The van der Waals surface area contributed by atoms with Gasteiger partial charge in [-0.2, -0.15) is 13.2 Å². The molecule has 1 N–H and O–H groups in total. The second-order valence-corrected chi connectivity index (χ2v) is 7.54. The monoisotopic (exact) mass is 448 g/mol. The van der Waals surface area contributed by atoms with Crippen molar-refractivity contribution in [3.63, 3.8) is 0 Å². The Kier molecular flexibility index (Phi) is 6.33. The van der Waals surface area contributed by atoms with Crippen molar-refractivity contribution in [2.75, 3.05) is 18.5 Å². The second-order valence-electron chi connectivity index (χ2n) is 7.54. The summed E-state index contributed by atoms with van der Waals surface area (Å²) in [4.78, 5) is 50.2. The topological polar surface area (TPSA) is 92.8 Å². The molecule has 168 valence electrons. The van der Waals surface area contributed by atoms with Gasteiger partial charge in [0.2, 0.25) is 0 Å². The van der Waals surface area contributed by atoms with Crippen LogP contribution in [0.3, 0.4) is 0 Å². The highest BCUT2D eigenvalue weighted by Crippen LogP contribution is 2.34. The number of benzene rings is 2. The van der Waals surface area contributed by atoms with Crippen LogP contribution in [0.25, 0.3) is 0 Å². The fourth-order valence-electron chi connectivity index (χ4n) is 3.19. The van der Waals surface area contributed by atoms with E-state index in [1.165, 1.54) is 30.3 Å². The Morgan fingerprint density at radius 2 is 1.69 bits per heavy atom. The Morgan fingerprint density at radius 1 is 1.03 bits per heavy atom. The minimum absolute atomic E-state index is 0.0497. The smallest absolute Gasteiger partial charge is 0.418 e. The molecule has 0 fully saturated rings. The van der Waals surface area contributed by atoms with E-state index in [1.807, 2.05) is 13.8 Å². The maximum atomic E-state index is 13.0. The molecule has 32 heavy (non-hydrogen) atoms. The van der Waals surface area contributed by atoms with Crippen LogP contribution in [0.4, 0.5) is 18.9 Å². The zero-order valence-corrected chi connectivity index (χ0v) is 17.2. The first-order chi connectivity index (χ1) is 15.0. The maximum Gasteiger partial charge on any atom is 0.418 e. The molecule has 0 saturated heterocycles. The molecular formula is C22H19F3N2O5. The minimum atomic E-state index is -4.67. The maximum absolute atomic E-state index is 13.0. The molecule has 3 amide bonds. The van der Waals surface area contributed by atoms with Crippen LogP contribution >= 0.6 is 0 Å². The number of carbonyl (C=O) groups is 4. The summed E-state index contributed by atoms with van der Waals surface area (Å²) >= 11 is 0. The third-order valence-electron chi connectivity index (χ3n) is 4.60. The van der Waals surface area contributed by atoms with Crippen LogP contribution in [-0.2, 0) is 15.7 Å². The fourth-order valence-corrected chi connectivity index (χ4v) is 3.19. The van der Waals surface area contributed by atoms with Gasteiger partial charge in [0.25, 0.3) is 17.7 Å². The number of hydrogen-bond acceptors (Lipinski definition) is 5. The highest BCUT2D eigenvalue weighted by molar-refractivity contribution is 6.22. The molecule has 0 bridgehead atoms. The van der Waals surface area contributed by atoms with Crippen molar-refractivity contribution in [1.82, 2.24) is 4.90 Å². The summed E-state index contributed by atoms with van der Waals surface area (Å²) in [6, 6.07) is 8.20. The van der Waals surface area contributed by atoms with Gasteiger partial charge in [0.1, 0.15) is 0 Å². The third kappa shape index (κ3) is 4.79. The number of alkyl halides is 3. The number of fused-ring (bicyclic) bond motifs is 1. The molecule has 1 aliphatic rings. The number of nitrogens with zero attached hydrogens (tertiary/aromatic N) is 1. The standard InChI is InChI=1S/C22H19F3N2O5/c1-12(2)10-27-19(29)14-8-7-13(9-15(14)20(27)30)21(31)32-11-18(28)26-17-6-4-3-5-16(17)22(23,24)25/h3-9,12H,10-11H2,1-2H3,(H,26,28). The number of amides is 3. The van der Waals surface area contributed by atoms with Crippen LogP contribution < -0.4 is 5.32 Å². The van der Waals surface area contributed by atoms with E-state index in [-0.39, 0.29) is 29.2 Å². The predicted molar refractivity (Wildman–Crippen MR) is 107 cm³/mol. The van der Waals surface area contributed by atoms with Gasteiger partial charge in [-0.3, -0.25) is 19.3 Å². The SMILES string of the molecule is CC(C)CN1C(=O)c2ccc(C(=O)OCC(=O)Nc3ccccc3C(F)(F)F)cc2C1=O. The number of carbonyl (C=O) groups excluding carboxylic acids is 4. The molecule has 10 heteroatoms. The van der Waals surface area contributed by atoms with E-state index in [0.717, 1.165) is 17.0 Å². The van der Waals surface area contributed by atoms with Gasteiger partial charge in [0, 0.05) is 6.54 Å². The molecule has 0 unspecified atom stereocenters. The van der Waals surface area contributed by atoms with Crippen LogP contribution in [0.5, 0.6) is 0 Å². The zero-order chi connectivity index (χ0) is 23.6. The van der Waals surface area contributed by atoms with E-state index in [9.17, 15) is 32.3 Å². The van der Waals surface area contributed by atoms with Gasteiger partial charge in [-0.1, -0.05) is 26.0 Å². The lowest BCUT2D eigenvalue weighted by Gasteiger charge is -2.15. The molecule has 0 saturated carbocycles. The van der Waals surface area contributed by atoms with E-state index in [1.54, 1.807) is 0 Å². The number of halogens is 3. The largest absolute Gasteiger partial charge is 0.452 e. The van der Waals surface area contributed by atoms with Gasteiger partial charge in [-0.05, 0) is 36.2 Å². The number of hydrogen-bond donors (Lipinski definition) is 1. The summed E-state index contributed by atoms with van der Waals surface area (Å²) in [7, 11) is 0. The summed E-state index contributed by atoms with van der Waals surface area (Å²) in [5.41, 5.74) is -1.36. The average molecular weight is 448 g/mol. The molecule has 0 spiro atoms.